The zero-order valence-electron chi connectivity index (χ0n) is 16.2. The van der Waals surface area contributed by atoms with Gasteiger partial charge in [-0.15, -0.1) is 0 Å². The molecular weight excluding hydrogens is 346 g/mol. The van der Waals surface area contributed by atoms with Gasteiger partial charge in [0, 0.05) is 6.54 Å². The van der Waals surface area contributed by atoms with Crippen molar-refractivity contribution >= 4 is 11.9 Å². The molecular formula is C21H31NO5. The first-order valence-electron chi connectivity index (χ1n) is 9.94. The average Bonchev–Trinajstić information content (AvgIpc) is 2.67. The van der Waals surface area contributed by atoms with Gasteiger partial charge in [0.05, 0.1) is 19.8 Å². The number of carboxylic acid groups (broad SMARTS) is 1. The number of carboxylic acids is 1. The second-order valence-electron chi connectivity index (χ2n) is 6.95. The van der Waals surface area contributed by atoms with Crippen molar-refractivity contribution in [1.82, 2.24) is 4.90 Å². The van der Waals surface area contributed by atoms with Gasteiger partial charge in [0.15, 0.2) is 0 Å². The van der Waals surface area contributed by atoms with E-state index in [0.717, 1.165) is 24.3 Å². The molecule has 1 unspecified atom stereocenters. The third-order valence-electron chi connectivity index (χ3n) is 4.74. The van der Waals surface area contributed by atoms with Crippen molar-refractivity contribution < 1.29 is 24.2 Å². The number of carbonyl (C=O) groups is 2. The third kappa shape index (κ3) is 7.59. The van der Waals surface area contributed by atoms with Gasteiger partial charge in [-0.3, -0.25) is 9.59 Å². The summed E-state index contributed by atoms with van der Waals surface area (Å²) in [7, 11) is 0. The second-order valence-corrected chi connectivity index (χ2v) is 6.95. The molecule has 1 N–H and O–H groups in total. The van der Waals surface area contributed by atoms with Crippen molar-refractivity contribution in [3.05, 3.63) is 29.8 Å². The van der Waals surface area contributed by atoms with Crippen molar-refractivity contribution in [2.45, 2.75) is 58.0 Å². The minimum atomic E-state index is -1.10. The largest absolute Gasteiger partial charge is 0.494 e. The molecule has 1 aliphatic heterocycles. The molecule has 1 saturated heterocycles. The molecule has 1 atom stereocenters. The van der Waals surface area contributed by atoms with Crippen molar-refractivity contribution in [2.24, 2.45) is 0 Å². The average molecular weight is 377 g/mol. The number of benzene rings is 1. The Balaban J connectivity index is 1.75. The van der Waals surface area contributed by atoms with Crippen LogP contribution in [0.2, 0.25) is 0 Å². The van der Waals surface area contributed by atoms with Crippen LogP contribution in [0.5, 0.6) is 5.75 Å². The fourth-order valence-electron chi connectivity index (χ4n) is 3.17. The molecule has 0 saturated carbocycles. The molecule has 6 nitrogen and oxygen atoms in total. The van der Waals surface area contributed by atoms with Crippen LogP contribution in [0.4, 0.5) is 0 Å². The monoisotopic (exact) mass is 377 g/mol. The Kier molecular flexibility index (Phi) is 9.11. The maximum Gasteiger partial charge on any atom is 0.312 e. The molecule has 150 valence electrons. The Hall–Kier alpha value is -2.08. The summed E-state index contributed by atoms with van der Waals surface area (Å²) in [5.74, 6) is -0.633. The molecule has 0 aliphatic carbocycles. The fraction of sp³-hybridized carbons (Fsp3) is 0.619. The van der Waals surface area contributed by atoms with E-state index >= 15 is 0 Å². The first-order chi connectivity index (χ1) is 13.1. The van der Waals surface area contributed by atoms with Crippen LogP contribution in [0.15, 0.2) is 24.3 Å². The number of carbonyl (C=O) groups excluding carboxylic acids is 1. The van der Waals surface area contributed by atoms with E-state index in [1.54, 1.807) is 4.90 Å². The van der Waals surface area contributed by atoms with Crippen LogP contribution >= 0.6 is 0 Å². The van der Waals surface area contributed by atoms with Crippen LogP contribution in [0.3, 0.4) is 0 Å². The van der Waals surface area contributed by atoms with E-state index < -0.39 is 12.4 Å². The van der Waals surface area contributed by atoms with E-state index in [0.29, 0.717) is 19.7 Å². The maximum atomic E-state index is 11.9. The van der Waals surface area contributed by atoms with E-state index in [-0.39, 0.29) is 12.0 Å². The zero-order chi connectivity index (χ0) is 19.5. The smallest absolute Gasteiger partial charge is 0.312 e. The Labute approximate surface area is 161 Å². The number of rotatable bonds is 11. The highest BCUT2D eigenvalue weighted by molar-refractivity contribution is 5.93. The predicted octanol–water partition coefficient (Wildman–Crippen LogP) is 3.80. The van der Waals surface area contributed by atoms with Crippen molar-refractivity contribution in [1.29, 1.82) is 0 Å². The van der Waals surface area contributed by atoms with Crippen LogP contribution in [0.25, 0.3) is 0 Å². The van der Waals surface area contributed by atoms with Gasteiger partial charge in [0.1, 0.15) is 18.3 Å². The molecule has 0 spiro atoms. The van der Waals surface area contributed by atoms with E-state index in [9.17, 15) is 9.59 Å². The first kappa shape index (κ1) is 21.2. The number of nitrogens with zero attached hydrogens (tertiary/aromatic N) is 1. The first-order valence-corrected chi connectivity index (χ1v) is 9.94. The lowest BCUT2D eigenvalue weighted by atomic mass is 10.1. The molecule has 27 heavy (non-hydrogen) atoms. The Morgan fingerprint density at radius 3 is 2.56 bits per heavy atom. The Morgan fingerprint density at radius 1 is 1.15 bits per heavy atom. The summed E-state index contributed by atoms with van der Waals surface area (Å²) < 4.78 is 11.5. The molecule has 0 radical (unpaired) electrons. The van der Waals surface area contributed by atoms with Crippen LogP contribution in [0.1, 0.15) is 63.5 Å². The molecule has 1 heterocycles. The van der Waals surface area contributed by atoms with Gasteiger partial charge in [0.25, 0.3) is 0 Å². The molecule has 1 aromatic carbocycles. The minimum absolute atomic E-state index is 0.232. The number of hydrogen-bond acceptors (Lipinski definition) is 4. The topological polar surface area (TPSA) is 76.1 Å². The number of unbranched alkanes of at least 4 members (excludes halogenated alkanes) is 5. The van der Waals surface area contributed by atoms with Gasteiger partial charge >= 0.3 is 5.97 Å². The highest BCUT2D eigenvalue weighted by atomic mass is 16.5. The van der Waals surface area contributed by atoms with Crippen molar-refractivity contribution in [2.75, 3.05) is 26.3 Å². The summed E-state index contributed by atoms with van der Waals surface area (Å²) in [6.07, 6.45) is 6.71. The highest BCUT2D eigenvalue weighted by Crippen LogP contribution is 2.25. The molecule has 1 aliphatic rings. The lowest BCUT2D eigenvalue weighted by Gasteiger charge is -2.33. The standard InChI is InChI=1S/C21H31NO5/c1-2-3-4-5-6-7-13-26-18-10-8-17(9-11-18)19-16-22(12-14-27-19)20(23)15-21(24)25/h8-11,19H,2-7,12-16H2,1H3,(H,24,25). The zero-order valence-corrected chi connectivity index (χ0v) is 16.2. The van der Waals surface area contributed by atoms with Crippen LogP contribution in [0, 0.1) is 0 Å². The molecule has 0 aromatic heterocycles. The molecule has 1 aromatic rings. The summed E-state index contributed by atoms with van der Waals surface area (Å²) in [6.45, 7) is 4.16. The fourth-order valence-corrected chi connectivity index (χ4v) is 3.17. The number of hydrogen-bond donors (Lipinski definition) is 1. The van der Waals surface area contributed by atoms with Crippen LogP contribution < -0.4 is 4.74 Å². The van der Waals surface area contributed by atoms with Crippen molar-refractivity contribution in [3.63, 3.8) is 0 Å². The SMILES string of the molecule is CCCCCCCCOc1ccc(C2CN(C(=O)CC(=O)O)CCO2)cc1. The minimum Gasteiger partial charge on any atom is -0.494 e. The number of morpholine rings is 1. The van der Waals surface area contributed by atoms with Gasteiger partial charge in [0.2, 0.25) is 5.91 Å². The van der Waals surface area contributed by atoms with Crippen LogP contribution in [-0.4, -0.2) is 48.2 Å². The van der Waals surface area contributed by atoms with Gasteiger partial charge in [-0.25, -0.2) is 0 Å². The summed E-state index contributed by atoms with van der Waals surface area (Å²) >= 11 is 0. The Bertz CT molecular complexity index is 587. The molecule has 1 amide bonds. The lowest BCUT2D eigenvalue weighted by molar-refractivity contribution is -0.148. The molecule has 1 fully saturated rings. The second kappa shape index (κ2) is 11.6. The molecule has 6 heteroatoms. The third-order valence-corrected chi connectivity index (χ3v) is 4.74. The lowest BCUT2D eigenvalue weighted by Crippen LogP contribution is -2.42. The van der Waals surface area contributed by atoms with Gasteiger partial charge < -0.3 is 19.5 Å². The van der Waals surface area contributed by atoms with E-state index in [1.807, 2.05) is 24.3 Å². The summed E-state index contributed by atoms with van der Waals surface area (Å²) in [5, 5.41) is 8.78. The predicted molar refractivity (Wildman–Crippen MR) is 103 cm³/mol. The summed E-state index contributed by atoms with van der Waals surface area (Å²) in [6, 6.07) is 7.75. The number of aliphatic carboxylic acids is 1. The van der Waals surface area contributed by atoms with Crippen molar-refractivity contribution in [3.8, 4) is 5.75 Å². The van der Waals surface area contributed by atoms with E-state index in [2.05, 4.69) is 6.92 Å². The molecule has 2 rings (SSSR count). The van der Waals surface area contributed by atoms with E-state index in [1.165, 1.54) is 32.1 Å². The summed E-state index contributed by atoms with van der Waals surface area (Å²) in [5.41, 5.74) is 0.967. The van der Waals surface area contributed by atoms with Gasteiger partial charge in [-0.05, 0) is 24.1 Å². The highest BCUT2D eigenvalue weighted by Gasteiger charge is 2.26. The maximum absolute atomic E-state index is 11.9. The Morgan fingerprint density at radius 2 is 1.85 bits per heavy atom. The summed E-state index contributed by atoms with van der Waals surface area (Å²) in [4.78, 5) is 24.2. The number of amides is 1. The van der Waals surface area contributed by atoms with E-state index in [4.69, 9.17) is 14.6 Å². The molecule has 0 bridgehead atoms. The van der Waals surface area contributed by atoms with Gasteiger partial charge in [-0.1, -0.05) is 51.2 Å². The van der Waals surface area contributed by atoms with Crippen LogP contribution in [-0.2, 0) is 14.3 Å². The quantitative estimate of drug-likeness (QED) is 0.469. The number of ether oxygens (including phenoxy) is 2. The normalized spacial score (nSPS) is 16.9. The van der Waals surface area contributed by atoms with Gasteiger partial charge in [-0.2, -0.15) is 0 Å².